The molecule has 0 fully saturated rings. The molecular weight excluding hydrogens is 771 g/mol. The minimum atomic E-state index is -0.118. The molecule has 1 aliphatic carbocycles. The standard InChI is InChI=1S/C58H37N3S/c1-58(2)46-17-9-6-14-40(46)41-29-26-39(32-47(41)58)54-45-33-44(57-53(43-16-8-11-19-51(43)62-57)52(45)42-15-7-10-18-50(42)61-54)34-20-22-36(23-21-34)49-31-28-38-25-24-37-27-30-48(35-12-4-3-5-13-35)59-55(37)56(38)60-49/h3-33H,1-2H3. The minimum Gasteiger partial charge on any atom is -0.247 e. The van der Waals surface area contributed by atoms with E-state index < -0.39 is 0 Å². The van der Waals surface area contributed by atoms with Crippen LogP contribution in [-0.4, -0.2) is 15.0 Å². The van der Waals surface area contributed by atoms with Crippen molar-refractivity contribution in [1.29, 1.82) is 0 Å². The summed E-state index contributed by atoms with van der Waals surface area (Å²) in [6, 6.07) is 68.0. The Bertz CT molecular complexity index is 3830. The summed E-state index contributed by atoms with van der Waals surface area (Å²) in [7, 11) is 0. The number of hydrogen-bond acceptors (Lipinski definition) is 4. The van der Waals surface area contributed by atoms with E-state index in [1.165, 1.54) is 58.8 Å². The number of aromatic nitrogens is 3. The van der Waals surface area contributed by atoms with Gasteiger partial charge in [0.1, 0.15) is 0 Å². The lowest BCUT2D eigenvalue weighted by molar-refractivity contribution is 0.660. The maximum atomic E-state index is 5.51. The number of para-hydroxylation sites is 1. The second-order valence-corrected chi connectivity index (χ2v) is 18.2. The second kappa shape index (κ2) is 13.2. The molecule has 13 rings (SSSR count). The van der Waals surface area contributed by atoms with Gasteiger partial charge in [-0.05, 0) is 64.2 Å². The molecule has 62 heavy (non-hydrogen) atoms. The van der Waals surface area contributed by atoms with Crippen molar-refractivity contribution < 1.29 is 0 Å². The third-order valence-electron chi connectivity index (χ3n) is 13.2. The largest absolute Gasteiger partial charge is 0.247 e. The molecule has 8 aromatic carbocycles. The third-order valence-corrected chi connectivity index (χ3v) is 14.5. The molecule has 1 aliphatic rings. The number of rotatable bonds is 4. The first kappa shape index (κ1) is 35.2. The molecule has 0 amide bonds. The van der Waals surface area contributed by atoms with E-state index in [4.69, 9.17) is 15.0 Å². The first-order valence-corrected chi connectivity index (χ1v) is 22.1. The molecule has 290 valence electrons. The van der Waals surface area contributed by atoms with Gasteiger partial charge in [0.15, 0.2) is 0 Å². The van der Waals surface area contributed by atoms with Gasteiger partial charge in [-0.25, -0.2) is 15.0 Å². The molecule has 12 aromatic rings. The Hall–Kier alpha value is -7.53. The Morgan fingerprint density at radius 3 is 1.77 bits per heavy atom. The van der Waals surface area contributed by atoms with Gasteiger partial charge in [0, 0.05) is 74.8 Å². The van der Waals surface area contributed by atoms with Crippen LogP contribution in [-0.2, 0) is 5.41 Å². The summed E-state index contributed by atoms with van der Waals surface area (Å²) in [6.07, 6.45) is 0. The van der Waals surface area contributed by atoms with Gasteiger partial charge in [0.25, 0.3) is 0 Å². The Balaban J connectivity index is 1.00. The fourth-order valence-electron chi connectivity index (χ4n) is 10.1. The average Bonchev–Trinajstić information content (AvgIpc) is 3.83. The molecule has 0 spiro atoms. The maximum Gasteiger partial charge on any atom is 0.0972 e. The van der Waals surface area contributed by atoms with E-state index in [0.29, 0.717) is 0 Å². The molecular formula is C58H37N3S. The highest BCUT2D eigenvalue weighted by molar-refractivity contribution is 7.26. The SMILES string of the molecule is CC1(C)c2ccccc2-c2ccc(-c3nc4ccccc4c4c3cc(-c3ccc(-c5ccc6ccc7ccc(-c8ccccc8)nc7c6n5)cc3)c3sc5ccccc5c34)cc21. The zero-order valence-corrected chi connectivity index (χ0v) is 35.0. The summed E-state index contributed by atoms with van der Waals surface area (Å²) in [5.74, 6) is 0. The van der Waals surface area contributed by atoms with Crippen LogP contribution in [0, 0.1) is 0 Å². The van der Waals surface area contributed by atoms with Crippen LogP contribution in [0.1, 0.15) is 25.0 Å². The molecule has 0 saturated carbocycles. The Kier molecular flexibility index (Phi) is 7.52. The van der Waals surface area contributed by atoms with Crippen molar-refractivity contribution in [3.63, 3.8) is 0 Å². The first-order valence-electron chi connectivity index (χ1n) is 21.3. The van der Waals surface area contributed by atoms with Crippen LogP contribution in [0.25, 0.3) is 120 Å². The van der Waals surface area contributed by atoms with Crippen molar-refractivity contribution >= 4 is 75.0 Å². The molecule has 0 bridgehead atoms. The van der Waals surface area contributed by atoms with Crippen molar-refractivity contribution in [2.24, 2.45) is 0 Å². The number of fused-ring (bicyclic) bond motifs is 13. The lowest BCUT2D eigenvalue weighted by Gasteiger charge is -2.22. The van der Waals surface area contributed by atoms with Gasteiger partial charge in [-0.15, -0.1) is 11.3 Å². The summed E-state index contributed by atoms with van der Waals surface area (Å²) < 4.78 is 2.57. The van der Waals surface area contributed by atoms with Crippen LogP contribution >= 0.6 is 11.3 Å². The summed E-state index contributed by atoms with van der Waals surface area (Å²) in [6.45, 7) is 4.70. The number of nitrogens with zero attached hydrogens (tertiary/aromatic N) is 3. The summed E-state index contributed by atoms with van der Waals surface area (Å²) >= 11 is 1.88. The van der Waals surface area contributed by atoms with Crippen molar-refractivity contribution in [2.75, 3.05) is 0 Å². The average molecular weight is 808 g/mol. The van der Waals surface area contributed by atoms with E-state index in [1.807, 2.05) is 17.4 Å². The molecule has 0 atom stereocenters. The van der Waals surface area contributed by atoms with Crippen molar-refractivity contribution in [1.82, 2.24) is 15.0 Å². The predicted octanol–water partition coefficient (Wildman–Crippen LogP) is 15.8. The van der Waals surface area contributed by atoms with E-state index in [0.717, 1.165) is 72.0 Å². The lowest BCUT2D eigenvalue weighted by Crippen LogP contribution is -2.14. The van der Waals surface area contributed by atoms with Gasteiger partial charge in [0.05, 0.1) is 33.6 Å². The van der Waals surface area contributed by atoms with Gasteiger partial charge in [-0.1, -0.05) is 166 Å². The summed E-state index contributed by atoms with van der Waals surface area (Å²) in [4.78, 5) is 15.9. The topological polar surface area (TPSA) is 38.7 Å². The number of thiophene rings is 1. The fourth-order valence-corrected chi connectivity index (χ4v) is 11.4. The van der Waals surface area contributed by atoms with Gasteiger partial charge in [-0.3, -0.25) is 0 Å². The molecule has 4 heterocycles. The molecule has 4 aromatic heterocycles. The predicted molar refractivity (Wildman–Crippen MR) is 262 cm³/mol. The van der Waals surface area contributed by atoms with Gasteiger partial charge in [-0.2, -0.15) is 0 Å². The molecule has 0 saturated heterocycles. The zero-order valence-electron chi connectivity index (χ0n) is 34.1. The van der Waals surface area contributed by atoms with E-state index >= 15 is 0 Å². The number of benzene rings is 8. The van der Waals surface area contributed by atoms with Crippen molar-refractivity contribution in [2.45, 2.75) is 19.3 Å². The molecule has 0 radical (unpaired) electrons. The summed E-state index contributed by atoms with van der Waals surface area (Å²) in [5, 5.41) is 8.33. The van der Waals surface area contributed by atoms with Crippen LogP contribution < -0.4 is 0 Å². The van der Waals surface area contributed by atoms with Crippen LogP contribution in [0.5, 0.6) is 0 Å². The smallest absolute Gasteiger partial charge is 0.0972 e. The molecule has 0 unspecified atom stereocenters. The molecule has 4 heteroatoms. The van der Waals surface area contributed by atoms with Gasteiger partial charge >= 0.3 is 0 Å². The number of hydrogen-bond donors (Lipinski definition) is 0. The minimum absolute atomic E-state index is 0.118. The monoisotopic (exact) mass is 807 g/mol. The van der Waals surface area contributed by atoms with Gasteiger partial charge < -0.3 is 0 Å². The van der Waals surface area contributed by atoms with E-state index in [1.54, 1.807) is 0 Å². The Morgan fingerprint density at radius 1 is 0.403 bits per heavy atom. The lowest BCUT2D eigenvalue weighted by atomic mass is 9.81. The Labute approximate surface area is 362 Å². The van der Waals surface area contributed by atoms with Crippen molar-refractivity contribution in [3.05, 3.63) is 199 Å². The third kappa shape index (κ3) is 5.20. The highest BCUT2D eigenvalue weighted by Crippen LogP contribution is 2.51. The van der Waals surface area contributed by atoms with Crippen molar-refractivity contribution in [3.8, 4) is 56.0 Å². The molecule has 0 aliphatic heterocycles. The van der Waals surface area contributed by atoms with Crippen LogP contribution in [0.2, 0.25) is 0 Å². The molecule has 0 N–H and O–H groups in total. The van der Waals surface area contributed by atoms with E-state index in [2.05, 4.69) is 196 Å². The zero-order chi connectivity index (χ0) is 41.1. The highest BCUT2D eigenvalue weighted by atomic mass is 32.1. The second-order valence-electron chi connectivity index (χ2n) is 17.1. The van der Waals surface area contributed by atoms with Crippen LogP contribution in [0.15, 0.2) is 188 Å². The molecule has 3 nitrogen and oxygen atoms in total. The highest BCUT2D eigenvalue weighted by Gasteiger charge is 2.35. The van der Waals surface area contributed by atoms with Crippen LogP contribution in [0.3, 0.4) is 0 Å². The Morgan fingerprint density at radius 2 is 1.00 bits per heavy atom. The normalized spacial score (nSPS) is 13.1. The summed E-state index contributed by atoms with van der Waals surface area (Å²) in [5.41, 5.74) is 16.6. The first-order chi connectivity index (χ1) is 30.5. The van der Waals surface area contributed by atoms with E-state index in [9.17, 15) is 0 Å². The number of pyridine rings is 3. The van der Waals surface area contributed by atoms with E-state index in [-0.39, 0.29) is 5.41 Å². The quantitative estimate of drug-likeness (QED) is 0.166. The van der Waals surface area contributed by atoms with Gasteiger partial charge in [0.2, 0.25) is 0 Å². The fraction of sp³-hybridized carbons (Fsp3) is 0.0517. The maximum absolute atomic E-state index is 5.51. The van der Waals surface area contributed by atoms with Crippen LogP contribution in [0.4, 0.5) is 0 Å².